The van der Waals surface area contributed by atoms with Crippen LogP contribution in [0.3, 0.4) is 0 Å². The van der Waals surface area contributed by atoms with E-state index in [2.05, 4.69) is 12.2 Å². The summed E-state index contributed by atoms with van der Waals surface area (Å²) in [6.07, 6.45) is 7.10. The largest absolute Gasteiger partial charge is 0.493 e. The molecule has 2 amide bonds. The van der Waals surface area contributed by atoms with Gasteiger partial charge in [0.1, 0.15) is 5.41 Å². The number of allylic oxidation sites excluding steroid dienone is 1. The number of carbonyl (C=O) groups excluding carboxylic acids is 3. The maximum Gasteiger partial charge on any atom is 0.318 e. The molecule has 0 bridgehead atoms. The maximum atomic E-state index is 13.7. The number of ether oxygens (including phenoxy) is 3. The van der Waals surface area contributed by atoms with Gasteiger partial charge in [-0.05, 0) is 63.1 Å². The van der Waals surface area contributed by atoms with Gasteiger partial charge in [-0.1, -0.05) is 25.5 Å². The minimum atomic E-state index is -0.895. The summed E-state index contributed by atoms with van der Waals surface area (Å²) in [4.78, 5) is 41.5. The maximum absolute atomic E-state index is 13.7. The van der Waals surface area contributed by atoms with Gasteiger partial charge in [-0.2, -0.15) is 0 Å². The van der Waals surface area contributed by atoms with Gasteiger partial charge in [0.15, 0.2) is 11.5 Å². The predicted octanol–water partition coefficient (Wildman–Crippen LogP) is 4.02. The fourth-order valence-electron chi connectivity index (χ4n) is 5.32. The summed E-state index contributed by atoms with van der Waals surface area (Å²) in [7, 11) is 3.18. The minimum Gasteiger partial charge on any atom is -0.493 e. The number of nitrogens with one attached hydrogen (secondary N) is 1. The van der Waals surface area contributed by atoms with Gasteiger partial charge >= 0.3 is 5.97 Å². The molecule has 0 radical (unpaired) electrons. The summed E-state index contributed by atoms with van der Waals surface area (Å²) in [5, 5.41) is 2.92. The number of likely N-dealkylation sites (tertiary alicyclic amines) is 1. The Morgan fingerprint density at radius 2 is 1.94 bits per heavy atom. The van der Waals surface area contributed by atoms with Gasteiger partial charge < -0.3 is 24.4 Å². The molecule has 0 saturated carbocycles. The van der Waals surface area contributed by atoms with Crippen LogP contribution < -0.4 is 14.8 Å². The normalized spacial score (nSPS) is 21.3. The van der Waals surface area contributed by atoms with Crippen LogP contribution in [0.5, 0.6) is 11.5 Å². The number of methoxy groups -OCH3 is 2. The first-order valence-electron chi connectivity index (χ1n) is 13.1. The van der Waals surface area contributed by atoms with Gasteiger partial charge in [-0.15, -0.1) is 0 Å². The Bertz CT molecular complexity index is 975. The summed E-state index contributed by atoms with van der Waals surface area (Å²) in [6, 6.07) is 5.69. The van der Waals surface area contributed by atoms with Crippen molar-refractivity contribution in [3.8, 4) is 11.5 Å². The summed E-state index contributed by atoms with van der Waals surface area (Å²) in [5.41, 5.74) is 0.826. The zero-order valence-corrected chi connectivity index (χ0v) is 22.1. The zero-order chi connectivity index (χ0) is 26.1. The average molecular weight is 501 g/mol. The molecular formula is C28H40N2O6. The lowest BCUT2D eigenvalue weighted by Gasteiger charge is -2.48. The van der Waals surface area contributed by atoms with E-state index in [9.17, 15) is 14.4 Å². The highest BCUT2D eigenvalue weighted by molar-refractivity contribution is 5.92. The van der Waals surface area contributed by atoms with Crippen LogP contribution in [0.1, 0.15) is 64.4 Å². The molecule has 1 aromatic carbocycles. The molecule has 0 aromatic heterocycles. The molecule has 1 aliphatic heterocycles. The lowest BCUT2D eigenvalue weighted by Crippen LogP contribution is -2.54. The van der Waals surface area contributed by atoms with Crippen molar-refractivity contribution in [1.82, 2.24) is 10.2 Å². The summed E-state index contributed by atoms with van der Waals surface area (Å²) >= 11 is 0. The molecule has 8 heteroatoms. The molecule has 1 heterocycles. The zero-order valence-electron chi connectivity index (χ0n) is 22.1. The summed E-state index contributed by atoms with van der Waals surface area (Å²) in [6.45, 7) is 5.12. The molecule has 1 aliphatic carbocycles. The Morgan fingerprint density at radius 1 is 1.17 bits per heavy atom. The number of hydrogen-bond acceptors (Lipinski definition) is 6. The highest BCUT2D eigenvalue weighted by Crippen LogP contribution is 2.50. The van der Waals surface area contributed by atoms with Gasteiger partial charge in [0.25, 0.3) is 0 Å². The van der Waals surface area contributed by atoms with E-state index in [1.54, 1.807) is 26.0 Å². The van der Waals surface area contributed by atoms with Crippen LogP contribution in [0.4, 0.5) is 0 Å². The Labute approximate surface area is 214 Å². The van der Waals surface area contributed by atoms with Crippen molar-refractivity contribution in [2.75, 3.05) is 33.9 Å². The number of fused-ring (bicyclic) bond motifs is 1. The first kappa shape index (κ1) is 27.6. The first-order valence-corrected chi connectivity index (χ1v) is 13.1. The van der Waals surface area contributed by atoms with E-state index < -0.39 is 11.3 Å². The number of nitrogens with zero attached hydrogens (tertiary/aromatic N) is 1. The molecule has 1 N–H and O–H groups in total. The van der Waals surface area contributed by atoms with Crippen molar-refractivity contribution in [3.63, 3.8) is 0 Å². The summed E-state index contributed by atoms with van der Waals surface area (Å²) < 4.78 is 16.3. The molecular weight excluding hydrogens is 460 g/mol. The van der Waals surface area contributed by atoms with Gasteiger partial charge in [-0.3, -0.25) is 14.4 Å². The van der Waals surface area contributed by atoms with E-state index in [1.807, 2.05) is 24.3 Å². The smallest absolute Gasteiger partial charge is 0.318 e. The molecule has 0 unspecified atom stereocenters. The van der Waals surface area contributed by atoms with Crippen LogP contribution in [0.2, 0.25) is 0 Å². The lowest BCUT2D eigenvalue weighted by molar-refractivity contribution is -0.162. The third-order valence-electron chi connectivity index (χ3n) is 7.16. The molecule has 198 valence electrons. The lowest BCUT2D eigenvalue weighted by atomic mass is 9.66. The second-order valence-electron chi connectivity index (χ2n) is 9.52. The number of esters is 1. The summed E-state index contributed by atoms with van der Waals surface area (Å²) in [5.74, 6) is 0.144. The molecule has 1 aromatic rings. The quantitative estimate of drug-likeness (QED) is 0.344. The van der Waals surface area contributed by atoms with Crippen molar-refractivity contribution in [2.24, 2.45) is 11.3 Å². The molecule has 3 rings (SSSR count). The SMILES string of the molecule is CCCCNC(=O)C[C@@H]1C[C@@]2(C(=O)OCC)CCCC=C2N(CCc2ccc(OC)c(OC)c2)C1=O. The van der Waals surface area contributed by atoms with E-state index in [-0.39, 0.29) is 30.8 Å². The van der Waals surface area contributed by atoms with E-state index in [4.69, 9.17) is 14.2 Å². The van der Waals surface area contributed by atoms with E-state index in [0.717, 1.165) is 36.9 Å². The Hall–Kier alpha value is -3.03. The third-order valence-corrected chi connectivity index (χ3v) is 7.16. The number of amides is 2. The van der Waals surface area contributed by atoms with Crippen LogP contribution >= 0.6 is 0 Å². The third kappa shape index (κ3) is 6.02. The second-order valence-corrected chi connectivity index (χ2v) is 9.52. The van der Waals surface area contributed by atoms with Gasteiger partial charge in [0.2, 0.25) is 11.8 Å². The fourth-order valence-corrected chi connectivity index (χ4v) is 5.32. The molecule has 1 saturated heterocycles. The van der Waals surface area contributed by atoms with Crippen molar-refractivity contribution >= 4 is 17.8 Å². The van der Waals surface area contributed by atoms with Gasteiger partial charge in [0.05, 0.1) is 20.8 Å². The fraction of sp³-hybridized carbons (Fsp3) is 0.607. The molecule has 2 atom stereocenters. The number of hydrogen-bond donors (Lipinski definition) is 1. The number of rotatable bonds is 12. The van der Waals surface area contributed by atoms with Gasteiger partial charge in [-0.25, -0.2) is 0 Å². The van der Waals surface area contributed by atoms with Crippen LogP contribution in [-0.2, 0) is 25.5 Å². The van der Waals surface area contributed by atoms with Crippen molar-refractivity contribution in [3.05, 3.63) is 35.5 Å². The molecule has 36 heavy (non-hydrogen) atoms. The molecule has 1 fully saturated rings. The van der Waals surface area contributed by atoms with E-state index in [0.29, 0.717) is 43.9 Å². The number of benzene rings is 1. The Morgan fingerprint density at radius 3 is 2.64 bits per heavy atom. The number of unbranched alkanes of at least 4 members (excludes halogenated alkanes) is 1. The second kappa shape index (κ2) is 12.8. The molecule has 2 aliphatic rings. The number of carbonyl (C=O) groups is 3. The predicted molar refractivity (Wildman–Crippen MR) is 137 cm³/mol. The number of piperidine rings is 1. The van der Waals surface area contributed by atoms with Crippen LogP contribution in [-0.4, -0.2) is 56.6 Å². The minimum absolute atomic E-state index is 0.0733. The Kier molecular flexibility index (Phi) is 9.79. The van der Waals surface area contributed by atoms with Crippen LogP contribution in [0, 0.1) is 11.3 Å². The van der Waals surface area contributed by atoms with Crippen molar-refractivity contribution < 1.29 is 28.6 Å². The van der Waals surface area contributed by atoms with Crippen LogP contribution in [0.25, 0.3) is 0 Å². The molecule has 8 nitrogen and oxygen atoms in total. The van der Waals surface area contributed by atoms with Crippen molar-refractivity contribution in [1.29, 1.82) is 0 Å². The van der Waals surface area contributed by atoms with E-state index >= 15 is 0 Å². The van der Waals surface area contributed by atoms with Gasteiger partial charge in [0, 0.05) is 31.1 Å². The average Bonchev–Trinajstić information content (AvgIpc) is 2.88. The van der Waals surface area contributed by atoms with Crippen LogP contribution in [0.15, 0.2) is 30.0 Å². The first-order chi connectivity index (χ1) is 17.4. The molecule has 0 spiro atoms. The van der Waals surface area contributed by atoms with E-state index in [1.165, 1.54) is 0 Å². The Balaban J connectivity index is 1.88. The monoisotopic (exact) mass is 500 g/mol. The highest BCUT2D eigenvalue weighted by Gasteiger charge is 2.54. The topological polar surface area (TPSA) is 94.2 Å². The highest BCUT2D eigenvalue weighted by atomic mass is 16.5. The standard InChI is InChI=1S/C28H40N2O6/c1-5-7-15-29-25(31)18-21-19-28(27(33)36-6-2)14-9-8-10-24(28)30(26(21)32)16-13-20-11-12-22(34-3)23(17-20)35-4/h10-12,17,21H,5-9,13-16,18-19H2,1-4H3,(H,29,31)/t21-,28+/m1/s1. The van der Waals surface area contributed by atoms with Crippen molar-refractivity contribution in [2.45, 2.75) is 65.2 Å².